The van der Waals surface area contributed by atoms with Crippen molar-refractivity contribution in [2.24, 2.45) is 11.7 Å². The van der Waals surface area contributed by atoms with Gasteiger partial charge in [-0.2, -0.15) is 0 Å². The van der Waals surface area contributed by atoms with Crippen LogP contribution in [0.4, 0.5) is 0 Å². The highest BCUT2D eigenvalue weighted by molar-refractivity contribution is 6.42. The summed E-state index contributed by atoms with van der Waals surface area (Å²) < 4.78 is 0. The van der Waals surface area contributed by atoms with Crippen molar-refractivity contribution in [1.82, 2.24) is 5.32 Å². The van der Waals surface area contributed by atoms with E-state index in [0.29, 0.717) is 16.6 Å². The highest BCUT2D eigenvalue weighted by atomic mass is 35.5. The topological polar surface area (TPSA) is 55.1 Å². The molecule has 19 heavy (non-hydrogen) atoms. The van der Waals surface area contributed by atoms with E-state index in [9.17, 15) is 4.79 Å². The van der Waals surface area contributed by atoms with Crippen molar-refractivity contribution in [3.05, 3.63) is 33.3 Å². The van der Waals surface area contributed by atoms with Crippen LogP contribution in [0.2, 0.25) is 10.0 Å². The molecular weight excluding hydrogens is 307 g/mol. The first-order valence-corrected chi connectivity index (χ1v) is 6.77. The quantitative estimate of drug-likeness (QED) is 0.898. The summed E-state index contributed by atoms with van der Waals surface area (Å²) in [5.41, 5.74) is 7.61. The second-order valence-corrected chi connectivity index (χ2v) is 5.45. The highest BCUT2D eigenvalue weighted by Crippen LogP contribution is 2.39. The Morgan fingerprint density at radius 2 is 2.21 bits per heavy atom. The molecule has 2 unspecified atom stereocenters. The maximum atomic E-state index is 11.8. The van der Waals surface area contributed by atoms with Gasteiger partial charge in [-0.3, -0.25) is 4.79 Å². The SMILES string of the molecule is CC(CN)C(=O)NC1CCc2c1ccc(Cl)c2Cl.Cl. The van der Waals surface area contributed by atoms with E-state index in [2.05, 4.69) is 5.32 Å². The normalized spacial score (nSPS) is 18.4. The summed E-state index contributed by atoms with van der Waals surface area (Å²) in [4.78, 5) is 11.8. The lowest BCUT2D eigenvalue weighted by atomic mass is 10.1. The second-order valence-electron chi connectivity index (χ2n) is 4.67. The monoisotopic (exact) mass is 322 g/mol. The average Bonchev–Trinajstić information content (AvgIpc) is 2.76. The minimum absolute atomic E-state index is 0. The third-order valence-electron chi connectivity index (χ3n) is 3.41. The second kappa shape index (κ2) is 6.80. The Balaban J connectivity index is 0.00000180. The third-order valence-corrected chi connectivity index (χ3v) is 4.25. The number of halogens is 3. The lowest BCUT2D eigenvalue weighted by Gasteiger charge is -2.17. The molecule has 1 aliphatic rings. The number of nitrogens with one attached hydrogen (secondary N) is 1. The van der Waals surface area contributed by atoms with E-state index in [1.54, 1.807) is 6.07 Å². The van der Waals surface area contributed by atoms with Crippen molar-refractivity contribution in [3.63, 3.8) is 0 Å². The average molecular weight is 324 g/mol. The van der Waals surface area contributed by atoms with Crippen LogP contribution in [0.25, 0.3) is 0 Å². The highest BCUT2D eigenvalue weighted by Gasteiger charge is 2.27. The number of carbonyl (C=O) groups is 1. The van der Waals surface area contributed by atoms with Gasteiger partial charge in [0.25, 0.3) is 0 Å². The van der Waals surface area contributed by atoms with Crippen LogP contribution in [0.3, 0.4) is 0 Å². The summed E-state index contributed by atoms with van der Waals surface area (Å²) in [5, 5.41) is 4.19. The summed E-state index contributed by atoms with van der Waals surface area (Å²) >= 11 is 12.1. The molecular formula is C13H17Cl3N2O. The standard InChI is InChI=1S/C13H16Cl2N2O.ClH/c1-7(6-16)13(18)17-11-5-3-9-8(11)2-4-10(14)12(9)15;/h2,4,7,11H,3,5-6,16H2,1H3,(H,17,18);1H. The third kappa shape index (κ3) is 3.34. The summed E-state index contributed by atoms with van der Waals surface area (Å²) in [6.45, 7) is 2.17. The van der Waals surface area contributed by atoms with E-state index in [-0.39, 0.29) is 30.3 Å². The van der Waals surface area contributed by atoms with Gasteiger partial charge in [0.2, 0.25) is 5.91 Å². The van der Waals surface area contributed by atoms with Crippen LogP contribution in [-0.2, 0) is 11.2 Å². The van der Waals surface area contributed by atoms with Crippen molar-refractivity contribution in [1.29, 1.82) is 0 Å². The number of amides is 1. The molecule has 0 aliphatic heterocycles. The molecule has 0 bridgehead atoms. The fraction of sp³-hybridized carbons (Fsp3) is 0.462. The maximum Gasteiger partial charge on any atom is 0.224 e. The van der Waals surface area contributed by atoms with E-state index in [1.165, 1.54) is 0 Å². The first kappa shape index (κ1) is 16.6. The van der Waals surface area contributed by atoms with Crippen LogP contribution in [0.1, 0.15) is 30.5 Å². The van der Waals surface area contributed by atoms with Gasteiger partial charge in [0.1, 0.15) is 0 Å². The van der Waals surface area contributed by atoms with Crippen LogP contribution in [0.5, 0.6) is 0 Å². The van der Waals surface area contributed by atoms with Crippen LogP contribution >= 0.6 is 35.6 Å². The zero-order valence-electron chi connectivity index (χ0n) is 10.6. The molecule has 1 aromatic carbocycles. The first-order valence-electron chi connectivity index (χ1n) is 6.01. The van der Waals surface area contributed by atoms with E-state index in [1.807, 2.05) is 13.0 Å². The number of benzene rings is 1. The summed E-state index contributed by atoms with van der Waals surface area (Å²) in [7, 11) is 0. The number of fused-ring (bicyclic) bond motifs is 1. The number of nitrogens with two attached hydrogens (primary N) is 1. The molecule has 1 aliphatic carbocycles. The molecule has 0 saturated carbocycles. The molecule has 6 heteroatoms. The van der Waals surface area contributed by atoms with Gasteiger partial charge in [0.15, 0.2) is 0 Å². The minimum atomic E-state index is -0.170. The molecule has 0 spiro atoms. The molecule has 0 heterocycles. The molecule has 106 valence electrons. The lowest BCUT2D eigenvalue weighted by Crippen LogP contribution is -2.35. The van der Waals surface area contributed by atoms with Crippen molar-refractivity contribution in [3.8, 4) is 0 Å². The van der Waals surface area contributed by atoms with Crippen molar-refractivity contribution in [2.45, 2.75) is 25.8 Å². The van der Waals surface area contributed by atoms with Crippen LogP contribution in [-0.4, -0.2) is 12.5 Å². The van der Waals surface area contributed by atoms with E-state index >= 15 is 0 Å². The zero-order chi connectivity index (χ0) is 13.3. The van der Waals surface area contributed by atoms with Gasteiger partial charge in [-0.15, -0.1) is 12.4 Å². The molecule has 0 radical (unpaired) electrons. The first-order chi connectivity index (χ1) is 8.54. The molecule has 2 atom stereocenters. The van der Waals surface area contributed by atoms with Crippen LogP contribution in [0, 0.1) is 5.92 Å². The van der Waals surface area contributed by atoms with Gasteiger partial charge < -0.3 is 11.1 Å². The van der Waals surface area contributed by atoms with E-state index in [4.69, 9.17) is 28.9 Å². The molecule has 2 rings (SSSR count). The molecule has 0 saturated heterocycles. The molecule has 3 N–H and O–H groups in total. The van der Waals surface area contributed by atoms with Gasteiger partial charge in [0, 0.05) is 12.5 Å². The fourth-order valence-electron chi connectivity index (χ4n) is 2.20. The Labute approximate surface area is 129 Å². The van der Waals surface area contributed by atoms with Gasteiger partial charge in [-0.1, -0.05) is 36.2 Å². The molecule has 0 aromatic heterocycles. The summed E-state index contributed by atoms with van der Waals surface area (Å²) in [5.74, 6) is -0.182. The van der Waals surface area contributed by atoms with Gasteiger partial charge >= 0.3 is 0 Å². The number of hydrogen-bond acceptors (Lipinski definition) is 2. The Hall–Kier alpha value is -0.480. The molecule has 3 nitrogen and oxygen atoms in total. The van der Waals surface area contributed by atoms with E-state index < -0.39 is 0 Å². The minimum Gasteiger partial charge on any atom is -0.349 e. The predicted molar refractivity (Wildman–Crippen MR) is 81.1 cm³/mol. The summed E-state index contributed by atoms with van der Waals surface area (Å²) in [6, 6.07) is 3.74. The smallest absolute Gasteiger partial charge is 0.224 e. The largest absolute Gasteiger partial charge is 0.349 e. The number of carbonyl (C=O) groups excluding carboxylic acids is 1. The molecule has 0 fully saturated rings. The van der Waals surface area contributed by atoms with Crippen molar-refractivity contribution >= 4 is 41.5 Å². The van der Waals surface area contributed by atoms with Gasteiger partial charge in [-0.25, -0.2) is 0 Å². The number of rotatable bonds is 3. The van der Waals surface area contributed by atoms with Gasteiger partial charge in [0.05, 0.1) is 16.1 Å². The van der Waals surface area contributed by atoms with Crippen LogP contribution in [0.15, 0.2) is 12.1 Å². The molecule has 1 amide bonds. The Morgan fingerprint density at radius 1 is 1.53 bits per heavy atom. The molecule has 1 aromatic rings. The number of hydrogen-bond donors (Lipinski definition) is 2. The Kier molecular flexibility index (Phi) is 5.93. The lowest BCUT2D eigenvalue weighted by molar-refractivity contribution is -0.124. The fourth-order valence-corrected chi connectivity index (χ4v) is 2.65. The predicted octanol–water partition coefficient (Wildman–Crippen LogP) is 3.11. The van der Waals surface area contributed by atoms with E-state index in [0.717, 1.165) is 24.0 Å². The van der Waals surface area contributed by atoms with Crippen LogP contribution < -0.4 is 11.1 Å². The zero-order valence-corrected chi connectivity index (χ0v) is 12.9. The van der Waals surface area contributed by atoms with Crippen molar-refractivity contribution < 1.29 is 4.79 Å². The Bertz CT molecular complexity index is 479. The maximum absolute atomic E-state index is 11.8. The van der Waals surface area contributed by atoms with Gasteiger partial charge in [-0.05, 0) is 30.0 Å². The Morgan fingerprint density at radius 3 is 2.84 bits per heavy atom. The summed E-state index contributed by atoms with van der Waals surface area (Å²) in [6.07, 6.45) is 1.70. The van der Waals surface area contributed by atoms with Crippen molar-refractivity contribution in [2.75, 3.05) is 6.54 Å².